The van der Waals surface area contributed by atoms with Crippen LogP contribution in [0.3, 0.4) is 0 Å². The second kappa shape index (κ2) is 4.76. The highest BCUT2D eigenvalue weighted by molar-refractivity contribution is 5.38. The number of methoxy groups -OCH3 is 1. The van der Waals surface area contributed by atoms with Crippen LogP contribution in [0.25, 0.3) is 0 Å². The first-order valence-electron chi connectivity index (χ1n) is 6.81. The number of aliphatic hydroxyl groups is 1. The molecule has 0 amide bonds. The summed E-state index contributed by atoms with van der Waals surface area (Å²) in [6.45, 7) is 0. The number of hydrogen-bond donors (Lipinski definition) is 1. The number of rotatable bonds is 1. The molecule has 1 atom stereocenters. The van der Waals surface area contributed by atoms with E-state index in [1.807, 2.05) is 0 Å². The highest BCUT2D eigenvalue weighted by atomic mass is 19.1. The first-order chi connectivity index (χ1) is 9.12. The van der Waals surface area contributed by atoms with Crippen molar-refractivity contribution in [2.45, 2.75) is 49.9 Å². The smallest absolute Gasteiger partial charge is 0.128 e. The molecule has 0 saturated heterocycles. The summed E-state index contributed by atoms with van der Waals surface area (Å²) in [5.74, 6) is 0.170. The lowest BCUT2D eigenvalue weighted by Crippen LogP contribution is -2.45. The molecule has 3 rings (SSSR count). The van der Waals surface area contributed by atoms with Gasteiger partial charge in [0.25, 0.3) is 0 Å². The molecule has 0 aromatic heterocycles. The maximum atomic E-state index is 13.3. The fourth-order valence-electron chi connectivity index (χ4n) is 3.27. The van der Waals surface area contributed by atoms with Gasteiger partial charge in [0.2, 0.25) is 0 Å². The van der Waals surface area contributed by atoms with Crippen molar-refractivity contribution < 1.29 is 19.0 Å². The van der Waals surface area contributed by atoms with Crippen molar-refractivity contribution >= 4 is 0 Å². The van der Waals surface area contributed by atoms with Crippen LogP contribution < -0.4 is 4.74 Å². The van der Waals surface area contributed by atoms with Gasteiger partial charge in [-0.25, -0.2) is 4.39 Å². The zero-order valence-electron chi connectivity index (χ0n) is 11.1. The average molecular weight is 266 g/mol. The van der Waals surface area contributed by atoms with Crippen LogP contribution in [0.1, 0.15) is 43.8 Å². The molecule has 1 fully saturated rings. The zero-order valence-corrected chi connectivity index (χ0v) is 11.1. The highest BCUT2D eigenvalue weighted by Gasteiger charge is 2.43. The van der Waals surface area contributed by atoms with E-state index in [4.69, 9.17) is 9.47 Å². The number of fused-ring (bicyclic) bond motifs is 1. The zero-order chi connectivity index (χ0) is 13.5. The molecular weight excluding hydrogens is 247 g/mol. The predicted octanol–water partition coefficient (Wildman–Crippen LogP) is 2.97. The summed E-state index contributed by atoms with van der Waals surface area (Å²) in [5, 5.41) is 10.3. The lowest BCUT2D eigenvalue weighted by molar-refractivity contribution is -0.0673. The fraction of sp³-hybridized carbons (Fsp3) is 0.600. The lowest BCUT2D eigenvalue weighted by atomic mass is 9.77. The van der Waals surface area contributed by atoms with Crippen LogP contribution in [0.2, 0.25) is 0 Å². The van der Waals surface area contributed by atoms with Gasteiger partial charge in [0.05, 0.1) is 12.2 Å². The quantitative estimate of drug-likeness (QED) is 0.849. The Morgan fingerprint density at radius 2 is 2.11 bits per heavy atom. The third-order valence-corrected chi connectivity index (χ3v) is 4.40. The maximum Gasteiger partial charge on any atom is 0.128 e. The Morgan fingerprint density at radius 3 is 2.79 bits per heavy atom. The molecule has 0 unspecified atom stereocenters. The Bertz CT molecular complexity index is 466. The van der Waals surface area contributed by atoms with Crippen LogP contribution in [0.5, 0.6) is 5.75 Å². The summed E-state index contributed by atoms with van der Waals surface area (Å²) in [6, 6.07) is 4.36. The molecule has 1 spiro atoms. The number of halogens is 1. The van der Waals surface area contributed by atoms with Gasteiger partial charge in [0, 0.05) is 25.2 Å². The summed E-state index contributed by atoms with van der Waals surface area (Å²) in [5.41, 5.74) is 0.343. The van der Waals surface area contributed by atoms with Crippen LogP contribution in [0.15, 0.2) is 18.2 Å². The molecule has 1 aromatic rings. The Labute approximate surface area is 112 Å². The van der Waals surface area contributed by atoms with E-state index in [0.717, 1.165) is 25.7 Å². The van der Waals surface area contributed by atoms with Gasteiger partial charge in [-0.1, -0.05) is 0 Å². The number of ether oxygens (including phenoxy) is 2. The molecule has 1 aliphatic carbocycles. The number of aliphatic hydroxyl groups excluding tert-OH is 1. The standard InChI is InChI=1S/C15H19FO3/c1-18-11-4-6-15(7-5-11)9-13(17)12-3-2-10(16)8-14(12)19-15/h2-3,8,11,13,17H,4-7,9H2,1H3/t11?,13-,15?/m1/s1. The van der Waals surface area contributed by atoms with E-state index in [2.05, 4.69) is 0 Å². The van der Waals surface area contributed by atoms with Crippen molar-refractivity contribution in [1.29, 1.82) is 0 Å². The minimum absolute atomic E-state index is 0.278. The molecule has 1 aliphatic heterocycles. The predicted molar refractivity (Wildman–Crippen MR) is 68.6 cm³/mol. The molecule has 1 N–H and O–H groups in total. The van der Waals surface area contributed by atoms with Crippen molar-refractivity contribution in [1.82, 2.24) is 0 Å². The molecular formula is C15H19FO3. The molecule has 1 saturated carbocycles. The van der Waals surface area contributed by atoms with E-state index >= 15 is 0 Å². The normalized spacial score (nSPS) is 33.8. The van der Waals surface area contributed by atoms with Crippen molar-refractivity contribution in [3.63, 3.8) is 0 Å². The van der Waals surface area contributed by atoms with Crippen molar-refractivity contribution in [2.24, 2.45) is 0 Å². The van der Waals surface area contributed by atoms with E-state index in [9.17, 15) is 9.50 Å². The van der Waals surface area contributed by atoms with Crippen LogP contribution in [0, 0.1) is 5.82 Å². The third kappa shape index (κ3) is 2.35. The van der Waals surface area contributed by atoms with Gasteiger partial charge >= 0.3 is 0 Å². The first kappa shape index (κ1) is 12.9. The topological polar surface area (TPSA) is 38.7 Å². The minimum atomic E-state index is -0.566. The third-order valence-electron chi connectivity index (χ3n) is 4.40. The molecule has 0 bridgehead atoms. The summed E-state index contributed by atoms with van der Waals surface area (Å²) in [4.78, 5) is 0. The Hall–Kier alpha value is -1.13. The SMILES string of the molecule is COC1CCC2(CC1)C[C@@H](O)c1ccc(F)cc1O2. The Kier molecular flexibility index (Phi) is 3.23. The summed E-state index contributed by atoms with van der Waals surface area (Å²) in [7, 11) is 1.73. The van der Waals surface area contributed by atoms with Crippen LogP contribution in [0.4, 0.5) is 4.39 Å². The van der Waals surface area contributed by atoms with Crippen LogP contribution in [-0.4, -0.2) is 23.9 Å². The maximum absolute atomic E-state index is 13.3. The fourth-order valence-corrected chi connectivity index (χ4v) is 3.27. The summed E-state index contributed by atoms with van der Waals surface area (Å²) in [6.07, 6.45) is 3.84. The van der Waals surface area contributed by atoms with Gasteiger partial charge < -0.3 is 14.6 Å². The Morgan fingerprint density at radius 1 is 1.37 bits per heavy atom. The summed E-state index contributed by atoms with van der Waals surface area (Å²) < 4.78 is 24.7. The van der Waals surface area contributed by atoms with Crippen molar-refractivity contribution in [2.75, 3.05) is 7.11 Å². The van der Waals surface area contributed by atoms with E-state index in [-0.39, 0.29) is 17.5 Å². The van der Waals surface area contributed by atoms with Gasteiger partial charge in [0.1, 0.15) is 17.2 Å². The first-order valence-corrected chi connectivity index (χ1v) is 6.81. The van der Waals surface area contributed by atoms with Crippen molar-refractivity contribution in [3.8, 4) is 5.75 Å². The van der Waals surface area contributed by atoms with Crippen LogP contribution >= 0.6 is 0 Å². The number of benzene rings is 1. The monoisotopic (exact) mass is 266 g/mol. The molecule has 2 aliphatic rings. The van der Waals surface area contributed by atoms with E-state index in [0.29, 0.717) is 17.7 Å². The van der Waals surface area contributed by atoms with Crippen molar-refractivity contribution in [3.05, 3.63) is 29.6 Å². The molecule has 104 valence electrons. The second-order valence-electron chi connectivity index (χ2n) is 5.62. The highest BCUT2D eigenvalue weighted by Crippen LogP contribution is 2.46. The van der Waals surface area contributed by atoms with Gasteiger partial charge in [-0.2, -0.15) is 0 Å². The van der Waals surface area contributed by atoms with Gasteiger partial charge in [0.15, 0.2) is 0 Å². The summed E-state index contributed by atoms with van der Waals surface area (Å²) >= 11 is 0. The van der Waals surface area contributed by atoms with Gasteiger partial charge in [-0.3, -0.25) is 0 Å². The largest absolute Gasteiger partial charge is 0.487 e. The second-order valence-corrected chi connectivity index (χ2v) is 5.62. The molecule has 1 heterocycles. The average Bonchev–Trinajstić information content (AvgIpc) is 2.39. The lowest BCUT2D eigenvalue weighted by Gasteiger charge is -2.44. The van der Waals surface area contributed by atoms with Gasteiger partial charge in [-0.15, -0.1) is 0 Å². The molecule has 1 aromatic carbocycles. The Balaban J connectivity index is 1.84. The number of hydrogen-bond acceptors (Lipinski definition) is 3. The van der Waals surface area contributed by atoms with E-state index < -0.39 is 6.10 Å². The molecule has 3 nitrogen and oxygen atoms in total. The van der Waals surface area contributed by atoms with E-state index in [1.165, 1.54) is 12.1 Å². The minimum Gasteiger partial charge on any atom is -0.487 e. The molecule has 0 radical (unpaired) electrons. The molecule has 19 heavy (non-hydrogen) atoms. The van der Waals surface area contributed by atoms with Crippen LogP contribution in [-0.2, 0) is 4.74 Å². The van der Waals surface area contributed by atoms with E-state index in [1.54, 1.807) is 13.2 Å². The van der Waals surface area contributed by atoms with Gasteiger partial charge in [-0.05, 0) is 37.8 Å². The molecule has 4 heteroatoms.